The molecule has 1 saturated heterocycles. The van der Waals surface area contributed by atoms with Crippen molar-refractivity contribution in [2.45, 2.75) is 33.6 Å². The molecule has 6 heteroatoms. The maximum atomic E-state index is 12.5. The van der Waals surface area contributed by atoms with Crippen LogP contribution in [0.3, 0.4) is 0 Å². The summed E-state index contributed by atoms with van der Waals surface area (Å²) in [7, 11) is 0. The molecule has 1 aromatic carbocycles. The first-order chi connectivity index (χ1) is 11.9. The van der Waals surface area contributed by atoms with Crippen LogP contribution in [0.2, 0.25) is 0 Å². The van der Waals surface area contributed by atoms with Gasteiger partial charge in [-0.05, 0) is 63.4 Å². The van der Waals surface area contributed by atoms with Crippen LogP contribution in [0.5, 0.6) is 5.75 Å². The lowest BCUT2D eigenvalue weighted by Gasteiger charge is -2.31. The molecule has 0 aliphatic carbocycles. The first kappa shape index (κ1) is 17.2. The summed E-state index contributed by atoms with van der Waals surface area (Å²) in [5.41, 5.74) is 3.53. The minimum atomic E-state index is -0.0182. The average molecular weight is 340 g/mol. The van der Waals surface area contributed by atoms with Gasteiger partial charge in [0.1, 0.15) is 5.75 Å². The van der Waals surface area contributed by atoms with E-state index in [4.69, 9.17) is 0 Å². The predicted octanol–water partition coefficient (Wildman–Crippen LogP) is 2.96. The number of rotatable bonds is 3. The van der Waals surface area contributed by atoms with Gasteiger partial charge in [-0.1, -0.05) is 0 Å². The molecule has 2 heterocycles. The highest BCUT2D eigenvalue weighted by Crippen LogP contribution is 2.25. The third-order valence-corrected chi connectivity index (χ3v) is 4.59. The lowest BCUT2D eigenvalue weighted by molar-refractivity contribution is -0.120. The van der Waals surface area contributed by atoms with Gasteiger partial charge in [0.2, 0.25) is 11.9 Å². The molecule has 0 atom stereocenters. The van der Waals surface area contributed by atoms with Crippen molar-refractivity contribution in [2.75, 3.05) is 23.3 Å². The number of hydrogen-bond donors (Lipinski definition) is 2. The second-order valence-corrected chi connectivity index (χ2v) is 6.70. The number of amides is 1. The fraction of sp³-hybridized carbons (Fsp3) is 0.421. The van der Waals surface area contributed by atoms with E-state index in [0.717, 1.165) is 54.5 Å². The van der Waals surface area contributed by atoms with Gasteiger partial charge in [-0.15, -0.1) is 0 Å². The van der Waals surface area contributed by atoms with Crippen molar-refractivity contribution < 1.29 is 9.90 Å². The van der Waals surface area contributed by atoms with Crippen LogP contribution in [0.15, 0.2) is 24.3 Å². The first-order valence-electron chi connectivity index (χ1n) is 8.60. The quantitative estimate of drug-likeness (QED) is 0.840. The fourth-order valence-electron chi connectivity index (χ4n) is 3.21. The van der Waals surface area contributed by atoms with Crippen LogP contribution in [0, 0.1) is 26.7 Å². The lowest BCUT2D eigenvalue weighted by atomic mass is 9.96. The highest BCUT2D eigenvalue weighted by molar-refractivity contribution is 5.93. The number of anilines is 2. The minimum absolute atomic E-state index is 0.0182. The molecule has 132 valence electrons. The zero-order valence-corrected chi connectivity index (χ0v) is 14.9. The van der Waals surface area contributed by atoms with E-state index in [1.165, 1.54) is 0 Å². The third kappa shape index (κ3) is 4.07. The Labute approximate surface area is 147 Å². The van der Waals surface area contributed by atoms with Gasteiger partial charge >= 0.3 is 0 Å². The molecule has 2 N–H and O–H groups in total. The normalized spacial score (nSPS) is 15.2. The molecule has 25 heavy (non-hydrogen) atoms. The molecule has 1 amide bonds. The topological polar surface area (TPSA) is 78.4 Å². The molecule has 1 aliphatic heterocycles. The Morgan fingerprint density at radius 2 is 1.76 bits per heavy atom. The number of nitrogens with zero attached hydrogens (tertiary/aromatic N) is 3. The van der Waals surface area contributed by atoms with Crippen molar-refractivity contribution in [3.05, 3.63) is 41.2 Å². The van der Waals surface area contributed by atoms with Crippen LogP contribution >= 0.6 is 0 Å². The van der Waals surface area contributed by atoms with Crippen LogP contribution in [0.4, 0.5) is 11.6 Å². The second-order valence-electron chi connectivity index (χ2n) is 6.70. The summed E-state index contributed by atoms with van der Waals surface area (Å²) >= 11 is 0. The van der Waals surface area contributed by atoms with Crippen molar-refractivity contribution in [3.63, 3.8) is 0 Å². The minimum Gasteiger partial charge on any atom is -0.508 e. The number of piperidine rings is 1. The molecule has 1 fully saturated rings. The zero-order valence-electron chi connectivity index (χ0n) is 14.9. The average Bonchev–Trinajstić information content (AvgIpc) is 2.56. The third-order valence-electron chi connectivity index (χ3n) is 4.59. The number of aryl methyl sites for hydroxylation is 3. The highest BCUT2D eigenvalue weighted by atomic mass is 16.3. The van der Waals surface area contributed by atoms with Crippen molar-refractivity contribution >= 4 is 17.5 Å². The molecule has 0 spiro atoms. The SMILES string of the molecule is Cc1cc(C)nc(N2CCC(C(=O)Nc3ccc(O)cc3C)CC2)n1. The number of phenolic OH excluding ortho intramolecular Hbond substituents is 1. The van der Waals surface area contributed by atoms with E-state index >= 15 is 0 Å². The van der Waals surface area contributed by atoms with Gasteiger partial charge in [0, 0.05) is 36.1 Å². The van der Waals surface area contributed by atoms with Crippen LogP contribution in [-0.2, 0) is 4.79 Å². The molecule has 1 aliphatic rings. The van der Waals surface area contributed by atoms with Crippen LogP contribution in [-0.4, -0.2) is 34.1 Å². The molecule has 6 nitrogen and oxygen atoms in total. The summed E-state index contributed by atoms with van der Waals surface area (Å²) in [6.45, 7) is 7.36. The molecule has 2 aromatic rings. The first-order valence-corrected chi connectivity index (χ1v) is 8.60. The Morgan fingerprint density at radius 1 is 1.12 bits per heavy atom. The van der Waals surface area contributed by atoms with Crippen LogP contribution in [0.25, 0.3) is 0 Å². The van der Waals surface area contributed by atoms with Gasteiger partial charge in [0.15, 0.2) is 0 Å². The van der Waals surface area contributed by atoms with Crippen molar-refractivity contribution in [1.29, 1.82) is 0 Å². The van der Waals surface area contributed by atoms with Gasteiger partial charge in [-0.3, -0.25) is 4.79 Å². The van der Waals surface area contributed by atoms with E-state index < -0.39 is 0 Å². The van der Waals surface area contributed by atoms with Gasteiger partial charge in [0.25, 0.3) is 0 Å². The Kier molecular flexibility index (Phi) is 4.88. The molecular weight excluding hydrogens is 316 g/mol. The van der Waals surface area contributed by atoms with E-state index in [-0.39, 0.29) is 17.6 Å². The fourth-order valence-corrected chi connectivity index (χ4v) is 3.21. The molecule has 0 saturated carbocycles. The monoisotopic (exact) mass is 340 g/mol. The summed E-state index contributed by atoms with van der Waals surface area (Å²) in [6.07, 6.45) is 1.55. The van der Waals surface area contributed by atoms with Gasteiger partial charge in [-0.25, -0.2) is 9.97 Å². The van der Waals surface area contributed by atoms with E-state index in [1.807, 2.05) is 26.8 Å². The number of hydrogen-bond acceptors (Lipinski definition) is 5. The Balaban J connectivity index is 1.60. The standard InChI is InChI=1S/C19H24N4O2/c1-12-10-16(24)4-5-17(12)22-18(25)15-6-8-23(9-7-15)19-20-13(2)11-14(3)21-19/h4-5,10-11,15,24H,6-9H2,1-3H3,(H,22,25). The van der Waals surface area contributed by atoms with Crippen molar-refractivity contribution in [2.24, 2.45) is 5.92 Å². The Bertz CT molecular complexity index is 763. The summed E-state index contributed by atoms with van der Waals surface area (Å²) in [5, 5.41) is 12.4. The highest BCUT2D eigenvalue weighted by Gasteiger charge is 2.26. The number of aromatic hydroxyl groups is 1. The van der Waals surface area contributed by atoms with E-state index in [0.29, 0.717) is 0 Å². The maximum absolute atomic E-state index is 12.5. The molecule has 0 radical (unpaired) electrons. The molecule has 0 bridgehead atoms. The van der Waals surface area contributed by atoms with Gasteiger partial charge < -0.3 is 15.3 Å². The lowest BCUT2D eigenvalue weighted by Crippen LogP contribution is -2.39. The van der Waals surface area contributed by atoms with Gasteiger partial charge in [-0.2, -0.15) is 0 Å². The maximum Gasteiger partial charge on any atom is 0.227 e. The summed E-state index contributed by atoms with van der Waals surface area (Å²) in [6, 6.07) is 6.93. The number of aromatic nitrogens is 2. The number of nitrogens with one attached hydrogen (secondary N) is 1. The zero-order chi connectivity index (χ0) is 18.0. The van der Waals surface area contributed by atoms with Crippen molar-refractivity contribution in [3.8, 4) is 5.75 Å². The number of phenols is 1. The van der Waals surface area contributed by atoms with E-state index in [1.54, 1.807) is 18.2 Å². The smallest absolute Gasteiger partial charge is 0.227 e. The van der Waals surface area contributed by atoms with Crippen LogP contribution in [0.1, 0.15) is 29.8 Å². The predicted molar refractivity (Wildman–Crippen MR) is 97.9 cm³/mol. The summed E-state index contributed by atoms with van der Waals surface area (Å²) in [5.74, 6) is 0.980. The van der Waals surface area contributed by atoms with Crippen LogP contribution < -0.4 is 10.2 Å². The molecule has 0 unspecified atom stereocenters. The largest absolute Gasteiger partial charge is 0.508 e. The van der Waals surface area contributed by atoms with Gasteiger partial charge in [0.05, 0.1) is 0 Å². The Morgan fingerprint density at radius 3 is 2.36 bits per heavy atom. The molecule has 3 rings (SSSR count). The molecule has 1 aromatic heterocycles. The summed E-state index contributed by atoms with van der Waals surface area (Å²) in [4.78, 5) is 23.7. The number of benzene rings is 1. The Hall–Kier alpha value is -2.63. The number of carbonyl (C=O) groups excluding carboxylic acids is 1. The summed E-state index contributed by atoms with van der Waals surface area (Å²) < 4.78 is 0. The second kappa shape index (κ2) is 7.09. The van der Waals surface area contributed by atoms with Crippen molar-refractivity contribution in [1.82, 2.24) is 9.97 Å². The van der Waals surface area contributed by atoms with E-state index in [2.05, 4.69) is 20.2 Å². The molecular formula is C19H24N4O2. The number of carbonyl (C=O) groups is 1. The van der Waals surface area contributed by atoms with E-state index in [9.17, 15) is 9.90 Å².